The first-order valence-corrected chi connectivity index (χ1v) is 11.5. The number of carboxylic acid groups (broad SMARTS) is 1. The van der Waals surface area contributed by atoms with E-state index >= 15 is 0 Å². The van der Waals surface area contributed by atoms with Crippen LogP contribution in [0.3, 0.4) is 0 Å². The van der Waals surface area contributed by atoms with Crippen LogP contribution < -0.4 is 0 Å². The zero-order valence-electron chi connectivity index (χ0n) is 16.5. The highest BCUT2D eigenvalue weighted by atomic mass is 32.2. The number of pyridine rings is 1. The zero-order valence-corrected chi connectivity index (χ0v) is 17.3. The first-order chi connectivity index (χ1) is 14.5. The number of hydrogen-bond donors (Lipinski definition) is 1. The van der Waals surface area contributed by atoms with Gasteiger partial charge in [-0.05, 0) is 85.0 Å². The molecule has 154 valence electrons. The fourth-order valence-electron chi connectivity index (χ4n) is 4.26. The fraction of sp³-hybridized carbons (Fsp3) is 0.250. The van der Waals surface area contributed by atoms with Gasteiger partial charge in [0.25, 0.3) is 0 Å². The van der Waals surface area contributed by atoms with Crippen molar-refractivity contribution >= 4 is 15.8 Å². The lowest BCUT2D eigenvalue weighted by Gasteiger charge is -2.26. The number of rotatable bonds is 6. The van der Waals surface area contributed by atoms with Crippen molar-refractivity contribution in [2.45, 2.75) is 47.8 Å². The Hall–Kier alpha value is -2.99. The van der Waals surface area contributed by atoms with Gasteiger partial charge in [0.05, 0.1) is 15.4 Å². The molecule has 0 amide bonds. The van der Waals surface area contributed by atoms with Crippen molar-refractivity contribution in [2.75, 3.05) is 0 Å². The van der Waals surface area contributed by atoms with Gasteiger partial charge < -0.3 is 5.11 Å². The van der Waals surface area contributed by atoms with Crippen LogP contribution in [0.15, 0.2) is 76.8 Å². The average molecular weight is 422 g/mol. The third-order valence-electron chi connectivity index (χ3n) is 5.81. The number of carbonyl (C=O) groups is 1. The van der Waals surface area contributed by atoms with Crippen LogP contribution in [0.1, 0.15) is 52.2 Å². The van der Waals surface area contributed by atoms with E-state index in [2.05, 4.69) is 4.98 Å². The first kappa shape index (κ1) is 20.3. The molecule has 5 nitrogen and oxygen atoms in total. The summed E-state index contributed by atoms with van der Waals surface area (Å²) in [6, 6.07) is 15.5. The van der Waals surface area contributed by atoms with Crippen molar-refractivity contribution in [1.29, 1.82) is 0 Å². The molecule has 0 unspecified atom stereocenters. The number of aromatic nitrogens is 1. The molecular weight excluding hydrogens is 398 g/mol. The summed E-state index contributed by atoms with van der Waals surface area (Å²) in [6.07, 6.45) is 7.43. The summed E-state index contributed by atoms with van der Waals surface area (Å²) in [6.45, 7) is 0. The highest BCUT2D eigenvalue weighted by molar-refractivity contribution is 7.91. The highest BCUT2D eigenvalue weighted by Crippen LogP contribution is 2.37. The lowest BCUT2D eigenvalue weighted by Crippen LogP contribution is -2.13. The van der Waals surface area contributed by atoms with Crippen molar-refractivity contribution < 1.29 is 18.3 Å². The van der Waals surface area contributed by atoms with E-state index in [0.29, 0.717) is 21.8 Å². The van der Waals surface area contributed by atoms with Crippen LogP contribution in [0.2, 0.25) is 0 Å². The highest BCUT2D eigenvalue weighted by Gasteiger charge is 2.24. The van der Waals surface area contributed by atoms with E-state index in [1.54, 1.807) is 42.6 Å². The van der Waals surface area contributed by atoms with Gasteiger partial charge in [0.2, 0.25) is 9.84 Å². The molecule has 1 heterocycles. The Kier molecular flexibility index (Phi) is 5.68. The maximum absolute atomic E-state index is 13.0. The summed E-state index contributed by atoms with van der Waals surface area (Å²) < 4.78 is 25.9. The summed E-state index contributed by atoms with van der Waals surface area (Å²) >= 11 is 0. The summed E-state index contributed by atoms with van der Waals surface area (Å²) in [5.41, 5.74) is 3.28. The number of aromatic carboxylic acids is 1. The van der Waals surface area contributed by atoms with Gasteiger partial charge >= 0.3 is 5.97 Å². The number of sulfone groups is 1. The fourth-order valence-corrected chi connectivity index (χ4v) is 5.59. The Morgan fingerprint density at radius 1 is 1.07 bits per heavy atom. The van der Waals surface area contributed by atoms with Gasteiger partial charge in [-0.1, -0.05) is 24.3 Å². The molecular formula is C24H23NO4S. The van der Waals surface area contributed by atoms with Crippen molar-refractivity contribution in [2.24, 2.45) is 0 Å². The molecule has 1 aliphatic rings. The molecule has 4 rings (SSSR count). The molecule has 0 fully saturated rings. The van der Waals surface area contributed by atoms with Crippen LogP contribution in [-0.2, 0) is 22.7 Å². The summed E-state index contributed by atoms with van der Waals surface area (Å²) in [5, 5.41) is 9.38. The number of aryl methyl sites for hydroxylation is 2. The minimum Gasteiger partial charge on any atom is -0.478 e. The third kappa shape index (κ3) is 4.00. The molecule has 1 atom stereocenters. The largest absolute Gasteiger partial charge is 0.478 e. The van der Waals surface area contributed by atoms with Crippen molar-refractivity contribution in [3.8, 4) is 0 Å². The molecule has 6 heteroatoms. The molecule has 0 saturated heterocycles. The number of hydrogen-bond acceptors (Lipinski definition) is 4. The molecule has 0 aliphatic heterocycles. The van der Waals surface area contributed by atoms with Gasteiger partial charge in [0.1, 0.15) is 0 Å². The summed E-state index contributed by atoms with van der Waals surface area (Å²) in [7, 11) is -3.53. The number of nitrogens with zero attached hydrogens (tertiary/aromatic N) is 1. The second-order valence-electron chi connectivity index (χ2n) is 7.64. The van der Waals surface area contributed by atoms with Crippen molar-refractivity contribution in [1.82, 2.24) is 4.98 Å². The SMILES string of the molecule is O=C(O)c1ccncc1CC[C@@H]1CCCc2cc(S(=O)(=O)c3ccccc3)ccc21. The van der Waals surface area contributed by atoms with Gasteiger partial charge in [-0.2, -0.15) is 0 Å². The smallest absolute Gasteiger partial charge is 0.336 e. The van der Waals surface area contributed by atoms with E-state index in [0.717, 1.165) is 36.8 Å². The van der Waals surface area contributed by atoms with E-state index in [-0.39, 0.29) is 5.92 Å². The van der Waals surface area contributed by atoms with Gasteiger partial charge in [0.15, 0.2) is 0 Å². The van der Waals surface area contributed by atoms with E-state index in [4.69, 9.17) is 0 Å². The summed E-state index contributed by atoms with van der Waals surface area (Å²) in [5.74, 6) is -0.656. The molecule has 0 bridgehead atoms. The van der Waals surface area contributed by atoms with Gasteiger partial charge in [-0.25, -0.2) is 13.2 Å². The second-order valence-corrected chi connectivity index (χ2v) is 9.59. The molecule has 3 aromatic rings. The maximum Gasteiger partial charge on any atom is 0.336 e. The Labute approximate surface area is 176 Å². The van der Waals surface area contributed by atoms with Crippen LogP contribution >= 0.6 is 0 Å². The van der Waals surface area contributed by atoms with Gasteiger partial charge in [-0.15, -0.1) is 0 Å². The summed E-state index contributed by atoms with van der Waals surface area (Å²) in [4.78, 5) is 16.1. The van der Waals surface area contributed by atoms with Crippen LogP contribution in [0.5, 0.6) is 0 Å². The number of carboxylic acids is 1. The third-order valence-corrected chi connectivity index (χ3v) is 7.58. The zero-order chi connectivity index (χ0) is 21.1. The molecule has 0 spiro atoms. The van der Waals surface area contributed by atoms with Crippen LogP contribution in [0.25, 0.3) is 0 Å². The second kappa shape index (κ2) is 8.40. The first-order valence-electron chi connectivity index (χ1n) is 10.1. The molecule has 30 heavy (non-hydrogen) atoms. The molecule has 1 N–H and O–H groups in total. The molecule has 1 aliphatic carbocycles. The van der Waals surface area contributed by atoms with E-state index in [9.17, 15) is 18.3 Å². The van der Waals surface area contributed by atoms with Gasteiger partial charge in [-0.3, -0.25) is 4.98 Å². The van der Waals surface area contributed by atoms with Crippen molar-refractivity contribution in [3.63, 3.8) is 0 Å². The average Bonchev–Trinajstić information content (AvgIpc) is 2.78. The minimum atomic E-state index is -3.53. The van der Waals surface area contributed by atoms with Gasteiger partial charge in [0, 0.05) is 12.4 Å². The number of benzene rings is 2. The van der Waals surface area contributed by atoms with E-state index in [1.165, 1.54) is 17.8 Å². The molecule has 0 saturated carbocycles. The molecule has 1 aromatic heterocycles. The Morgan fingerprint density at radius 2 is 1.87 bits per heavy atom. The Balaban J connectivity index is 1.58. The molecule has 2 aromatic carbocycles. The van der Waals surface area contributed by atoms with Crippen LogP contribution in [-0.4, -0.2) is 24.5 Å². The quantitative estimate of drug-likeness (QED) is 0.625. The standard InChI is InChI=1S/C24H23NO4S/c26-24(27)23-13-14-25-16-19(23)10-9-17-5-4-6-18-15-21(11-12-22(17)18)30(28,29)20-7-2-1-3-8-20/h1-3,7-8,11-17H,4-6,9-10H2,(H,26,27)/t17-/m0/s1. The van der Waals surface area contributed by atoms with Crippen molar-refractivity contribution in [3.05, 3.63) is 89.2 Å². The van der Waals surface area contributed by atoms with Crippen LogP contribution in [0, 0.1) is 0 Å². The monoisotopic (exact) mass is 421 g/mol. The van der Waals surface area contributed by atoms with Crippen LogP contribution in [0.4, 0.5) is 0 Å². The van der Waals surface area contributed by atoms with E-state index < -0.39 is 15.8 Å². The minimum absolute atomic E-state index is 0.282. The Morgan fingerprint density at radius 3 is 2.63 bits per heavy atom. The lowest BCUT2D eigenvalue weighted by atomic mass is 9.80. The predicted octanol–water partition coefficient (Wildman–Crippen LogP) is 4.67. The van der Waals surface area contributed by atoms with E-state index in [1.807, 2.05) is 12.1 Å². The molecule has 0 radical (unpaired) electrons. The Bertz CT molecular complexity index is 1170. The number of fused-ring (bicyclic) bond motifs is 1. The maximum atomic E-state index is 13.0. The predicted molar refractivity (Wildman–Crippen MR) is 114 cm³/mol. The lowest BCUT2D eigenvalue weighted by molar-refractivity contribution is 0.0695. The topological polar surface area (TPSA) is 84.3 Å². The normalized spacial score (nSPS) is 16.1.